The van der Waals surface area contributed by atoms with Crippen molar-refractivity contribution >= 4 is 60.2 Å². The highest BCUT2D eigenvalue weighted by Gasteiger charge is 2.15. The van der Waals surface area contributed by atoms with Crippen molar-refractivity contribution in [3.05, 3.63) is 206 Å². The standard InChI is InChI=1S/C51H34N2S/c1-3-8-42-32-44(17-15-35(42)6-1)39-13-11-37(12-14-39)38-19-25-46(26-20-38)53(48-29-23-41(24-30-48)49-34-54-50-10-5-31-52-51(49)50)47-27-21-40(22-28-47)45-18-16-36-7-2-4-9-43(36)33-45/h1-34H. The number of pyridine rings is 1. The third-order valence-corrected chi connectivity index (χ3v) is 11.3. The van der Waals surface area contributed by atoms with Gasteiger partial charge in [-0.1, -0.05) is 133 Å². The van der Waals surface area contributed by atoms with Gasteiger partial charge in [0.05, 0.1) is 10.2 Å². The molecule has 0 atom stereocenters. The summed E-state index contributed by atoms with van der Waals surface area (Å²) in [5, 5.41) is 7.23. The van der Waals surface area contributed by atoms with Crippen LogP contribution < -0.4 is 4.90 Å². The van der Waals surface area contributed by atoms with Crippen LogP contribution in [0, 0.1) is 0 Å². The first-order valence-electron chi connectivity index (χ1n) is 18.3. The van der Waals surface area contributed by atoms with E-state index in [0.29, 0.717) is 0 Å². The highest BCUT2D eigenvalue weighted by atomic mass is 32.1. The molecule has 0 N–H and O–H groups in total. The average molecular weight is 707 g/mol. The monoisotopic (exact) mass is 706 g/mol. The lowest BCUT2D eigenvalue weighted by Gasteiger charge is -2.26. The summed E-state index contributed by atoms with van der Waals surface area (Å²) in [6.45, 7) is 0. The normalized spacial score (nSPS) is 11.3. The van der Waals surface area contributed by atoms with Gasteiger partial charge in [0.2, 0.25) is 0 Å². The predicted molar refractivity (Wildman–Crippen MR) is 231 cm³/mol. The molecular weight excluding hydrogens is 673 g/mol. The minimum absolute atomic E-state index is 1.05. The highest BCUT2D eigenvalue weighted by molar-refractivity contribution is 7.17. The SMILES string of the molecule is c1ccc2cc(-c3ccc(-c4ccc(N(c5ccc(-c6ccc7ccccc7c6)cc5)c5ccc(-c6csc7cccnc67)cc5)cc4)cc3)ccc2c1. The van der Waals surface area contributed by atoms with Crippen LogP contribution in [0.25, 0.3) is 76.3 Å². The number of nitrogens with zero attached hydrogens (tertiary/aromatic N) is 2. The van der Waals surface area contributed by atoms with E-state index < -0.39 is 0 Å². The van der Waals surface area contributed by atoms with Crippen molar-refractivity contribution in [3.63, 3.8) is 0 Å². The van der Waals surface area contributed by atoms with Crippen molar-refractivity contribution in [2.75, 3.05) is 4.90 Å². The number of hydrogen-bond donors (Lipinski definition) is 0. The Morgan fingerprint density at radius 2 is 0.759 bits per heavy atom. The summed E-state index contributed by atoms with van der Waals surface area (Å²) in [5.41, 5.74) is 13.9. The number of thiophene rings is 1. The van der Waals surface area contributed by atoms with E-state index in [1.807, 2.05) is 12.3 Å². The van der Waals surface area contributed by atoms with Crippen molar-refractivity contribution in [2.45, 2.75) is 0 Å². The molecule has 254 valence electrons. The lowest BCUT2D eigenvalue weighted by molar-refractivity contribution is 1.28. The van der Waals surface area contributed by atoms with Crippen LogP contribution in [0.2, 0.25) is 0 Å². The molecule has 3 heteroatoms. The van der Waals surface area contributed by atoms with Crippen LogP contribution in [-0.2, 0) is 0 Å². The molecule has 54 heavy (non-hydrogen) atoms. The van der Waals surface area contributed by atoms with Crippen LogP contribution in [0.1, 0.15) is 0 Å². The summed E-state index contributed by atoms with van der Waals surface area (Å²) in [6.07, 6.45) is 1.87. The maximum absolute atomic E-state index is 4.68. The Morgan fingerprint density at radius 1 is 0.352 bits per heavy atom. The second kappa shape index (κ2) is 13.6. The fraction of sp³-hybridized carbons (Fsp3) is 0. The molecule has 10 aromatic rings. The number of hydrogen-bond acceptors (Lipinski definition) is 3. The Bertz CT molecular complexity index is 2910. The zero-order valence-electron chi connectivity index (χ0n) is 29.4. The van der Waals surface area contributed by atoms with Crippen molar-refractivity contribution in [2.24, 2.45) is 0 Å². The van der Waals surface area contributed by atoms with Crippen LogP contribution in [-0.4, -0.2) is 4.98 Å². The first-order valence-corrected chi connectivity index (χ1v) is 19.1. The fourth-order valence-electron chi connectivity index (χ4n) is 7.51. The first-order chi connectivity index (χ1) is 26.7. The number of anilines is 3. The molecule has 0 radical (unpaired) electrons. The van der Waals surface area contributed by atoms with Crippen LogP contribution in [0.5, 0.6) is 0 Å². The molecule has 0 bridgehead atoms. The van der Waals surface area contributed by atoms with Gasteiger partial charge in [0, 0.05) is 34.2 Å². The van der Waals surface area contributed by atoms with Gasteiger partial charge in [0.1, 0.15) is 0 Å². The third kappa shape index (κ3) is 6.01. The Labute approximate surface area is 318 Å². The van der Waals surface area contributed by atoms with Crippen LogP contribution >= 0.6 is 11.3 Å². The third-order valence-electron chi connectivity index (χ3n) is 10.4. The van der Waals surface area contributed by atoms with Crippen molar-refractivity contribution < 1.29 is 0 Å². The molecule has 0 amide bonds. The van der Waals surface area contributed by atoms with Gasteiger partial charge in [-0.3, -0.25) is 4.98 Å². The van der Waals surface area contributed by atoms with Crippen LogP contribution in [0.3, 0.4) is 0 Å². The lowest BCUT2D eigenvalue weighted by Crippen LogP contribution is -2.09. The van der Waals surface area contributed by atoms with Gasteiger partial charge in [-0.05, 0) is 121 Å². The Hall–Kier alpha value is -6.81. The number of aromatic nitrogens is 1. The summed E-state index contributed by atoms with van der Waals surface area (Å²) in [5.74, 6) is 0. The van der Waals surface area contributed by atoms with Crippen LogP contribution in [0.15, 0.2) is 206 Å². The topological polar surface area (TPSA) is 16.1 Å². The maximum Gasteiger partial charge on any atom is 0.0888 e. The fourth-order valence-corrected chi connectivity index (χ4v) is 8.43. The second-order valence-electron chi connectivity index (χ2n) is 13.7. The maximum atomic E-state index is 4.68. The molecular formula is C51H34N2S. The molecule has 0 fully saturated rings. The molecule has 0 aliphatic carbocycles. The van der Waals surface area contributed by atoms with E-state index in [2.05, 4.69) is 203 Å². The van der Waals surface area contributed by atoms with E-state index in [1.165, 1.54) is 65.2 Å². The number of benzene rings is 8. The Balaban J connectivity index is 0.981. The van der Waals surface area contributed by atoms with Gasteiger partial charge in [-0.15, -0.1) is 11.3 Å². The summed E-state index contributed by atoms with van der Waals surface area (Å²) >= 11 is 1.74. The molecule has 0 spiro atoms. The summed E-state index contributed by atoms with van der Waals surface area (Å²) in [4.78, 5) is 7.02. The molecule has 2 aromatic heterocycles. The molecule has 0 saturated heterocycles. The van der Waals surface area contributed by atoms with Crippen LogP contribution in [0.4, 0.5) is 17.1 Å². The van der Waals surface area contributed by atoms with E-state index in [9.17, 15) is 0 Å². The second-order valence-corrected chi connectivity index (χ2v) is 14.6. The van der Waals surface area contributed by atoms with Crippen molar-refractivity contribution in [3.8, 4) is 44.5 Å². The first kappa shape index (κ1) is 31.9. The summed E-state index contributed by atoms with van der Waals surface area (Å²) in [7, 11) is 0. The van der Waals surface area contributed by atoms with Gasteiger partial charge in [0.15, 0.2) is 0 Å². The van der Waals surface area contributed by atoms with Gasteiger partial charge in [-0.2, -0.15) is 0 Å². The molecule has 0 saturated carbocycles. The molecule has 0 aliphatic heterocycles. The van der Waals surface area contributed by atoms with Crippen molar-refractivity contribution in [1.29, 1.82) is 0 Å². The Morgan fingerprint density at radius 3 is 1.26 bits per heavy atom. The van der Waals surface area contributed by atoms with Gasteiger partial charge in [0.25, 0.3) is 0 Å². The molecule has 8 aromatic carbocycles. The van der Waals surface area contributed by atoms with Gasteiger partial charge in [-0.25, -0.2) is 0 Å². The summed E-state index contributed by atoms with van der Waals surface area (Å²) in [6, 6.07) is 70.2. The zero-order chi connectivity index (χ0) is 35.8. The quantitative estimate of drug-likeness (QED) is 0.164. The number of fused-ring (bicyclic) bond motifs is 3. The zero-order valence-corrected chi connectivity index (χ0v) is 30.2. The highest BCUT2D eigenvalue weighted by Crippen LogP contribution is 2.39. The van der Waals surface area contributed by atoms with Gasteiger partial charge < -0.3 is 4.90 Å². The molecule has 2 heterocycles. The smallest absolute Gasteiger partial charge is 0.0888 e. The van der Waals surface area contributed by atoms with Crippen molar-refractivity contribution in [1.82, 2.24) is 4.98 Å². The lowest BCUT2D eigenvalue weighted by atomic mass is 9.98. The number of rotatable bonds is 7. The van der Waals surface area contributed by atoms with E-state index in [4.69, 9.17) is 0 Å². The molecule has 10 rings (SSSR count). The van der Waals surface area contributed by atoms with E-state index in [-0.39, 0.29) is 0 Å². The Kier molecular flexibility index (Phi) is 8.05. The largest absolute Gasteiger partial charge is 0.311 e. The predicted octanol–water partition coefficient (Wildman–Crippen LogP) is 14.7. The molecule has 0 aliphatic rings. The van der Waals surface area contributed by atoms with E-state index in [0.717, 1.165) is 28.1 Å². The molecule has 2 nitrogen and oxygen atoms in total. The van der Waals surface area contributed by atoms with Gasteiger partial charge >= 0.3 is 0 Å². The van der Waals surface area contributed by atoms with E-state index >= 15 is 0 Å². The minimum atomic E-state index is 1.05. The molecule has 0 unspecified atom stereocenters. The van der Waals surface area contributed by atoms with E-state index in [1.54, 1.807) is 11.3 Å². The minimum Gasteiger partial charge on any atom is -0.311 e. The average Bonchev–Trinajstić information content (AvgIpc) is 3.69. The summed E-state index contributed by atoms with van der Waals surface area (Å²) < 4.78 is 1.20.